The summed E-state index contributed by atoms with van der Waals surface area (Å²) in [5.74, 6) is -4.21. The van der Waals surface area contributed by atoms with Crippen LogP contribution in [0.2, 0.25) is 0 Å². The summed E-state index contributed by atoms with van der Waals surface area (Å²) < 4.78 is 54.3. The van der Waals surface area contributed by atoms with E-state index < -0.39 is 44.7 Å². The van der Waals surface area contributed by atoms with Crippen LogP contribution in [-0.4, -0.2) is 37.6 Å². The second kappa shape index (κ2) is 8.66. The maximum Gasteiger partial charge on any atom is 0.256 e. The fourth-order valence-corrected chi connectivity index (χ4v) is 4.23. The standard InChI is InChI=1S/C19H21F2N3O4S/c1-4-24(5-2)29(27,28)12-7-6-11(3)13(8-12)19(26)23-17-9-14(18(22)25)15(20)10-16(17)21/h6-10H,4-5H2,1-3H3,(H2,22,25)(H,23,26). The molecule has 0 spiro atoms. The zero-order chi connectivity index (χ0) is 21.9. The van der Waals surface area contributed by atoms with Crippen LogP contribution in [-0.2, 0) is 10.0 Å². The molecule has 0 aliphatic heterocycles. The number of nitrogens with zero attached hydrogens (tertiary/aromatic N) is 1. The van der Waals surface area contributed by atoms with Crippen LogP contribution in [0.25, 0.3) is 0 Å². The molecule has 0 unspecified atom stereocenters. The van der Waals surface area contributed by atoms with E-state index in [1.165, 1.54) is 22.5 Å². The van der Waals surface area contributed by atoms with E-state index in [1.54, 1.807) is 20.8 Å². The Morgan fingerprint density at radius 2 is 1.66 bits per heavy atom. The average molecular weight is 425 g/mol. The number of carbonyl (C=O) groups is 2. The number of anilines is 1. The first-order valence-electron chi connectivity index (χ1n) is 8.73. The molecule has 10 heteroatoms. The van der Waals surface area contributed by atoms with Crippen LogP contribution >= 0.6 is 0 Å². The molecule has 0 heterocycles. The first kappa shape index (κ1) is 22.4. The Morgan fingerprint density at radius 1 is 1.03 bits per heavy atom. The molecule has 0 saturated heterocycles. The third-order valence-electron chi connectivity index (χ3n) is 4.37. The fraction of sp³-hybridized carbons (Fsp3) is 0.263. The largest absolute Gasteiger partial charge is 0.366 e. The van der Waals surface area contributed by atoms with Gasteiger partial charge in [-0.15, -0.1) is 0 Å². The fourth-order valence-electron chi connectivity index (χ4n) is 2.74. The summed E-state index contributed by atoms with van der Waals surface area (Å²) in [4.78, 5) is 23.8. The number of rotatable bonds is 7. The minimum atomic E-state index is -3.81. The molecule has 7 nitrogen and oxygen atoms in total. The quantitative estimate of drug-likeness (QED) is 0.711. The van der Waals surface area contributed by atoms with Gasteiger partial charge in [0.15, 0.2) is 0 Å². The number of hydrogen-bond acceptors (Lipinski definition) is 4. The van der Waals surface area contributed by atoms with Crippen LogP contribution in [0.4, 0.5) is 14.5 Å². The van der Waals surface area contributed by atoms with Gasteiger partial charge in [0.1, 0.15) is 11.6 Å². The van der Waals surface area contributed by atoms with Crippen LogP contribution in [0.15, 0.2) is 35.2 Å². The minimum Gasteiger partial charge on any atom is -0.366 e. The van der Waals surface area contributed by atoms with E-state index in [4.69, 9.17) is 5.73 Å². The molecule has 29 heavy (non-hydrogen) atoms. The van der Waals surface area contributed by atoms with Crippen molar-refractivity contribution in [2.45, 2.75) is 25.7 Å². The topological polar surface area (TPSA) is 110 Å². The molecule has 2 aromatic carbocycles. The van der Waals surface area contributed by atoms with Crippen molar-refractivity contribution >= 4 is 27.5 Å². The molecular weight excluding hydrogens is 404 g/mol. The molecule has 0 aliphatic carbocycles. The molecule has 156 valence electrons. The van der Waals surface area contributed by atoms with E-state index in [1.807, 2.05) is 0 Å². The minimum absolute atomic E-state index is 0.0115. The smallest absolute Gasteiger partial charge is 0.256 e. The molecule has 0 aliphatic rings. The van der Waals surface area contributed by atoms with Crippen LogP contribution in [0.5, 0.6) is 0 Å². The van der Waals surface area contributed by atoms with E-state index in [0.29, 0.717) is 11.6 Å². The normalized spacial score (nSPS) is 11.5. The van der Waals surface area contributed by atoms with Gasteiger partial charge in [-0.2, -0.15) is 4.31 Å². The van der Waals surface area contributed by atoms with Gasteiger partial charge in [0, 0.05) is 24.7 Å². The molecule has 0 bridgehead atoms. The predicted octanol–water partition coefficient (Wildman–Crippen LogP) is 2.65. The number of aryl methyl sites for hydroxylation is 1. The van der Waals surface area contributed by atoms with Gasteiger partial charge < -0.3 is 11.1 Å². The Bertz CT molecular complexity index is 1070. The summed E-state index contributed by atoms with van der Waals surface area (Å²) in [6.45, 7) is 5.47. The molecule has 3 N–H and O–H groups in total. The zero-order valence-electron chi connectivity index (χ0n) is 16.1. The van der Waals surface area contributed by atoms with Crippen LogP contribution < -0.4 is 11.1 Å². The van der Waals surface area contributed by atoms with Gasteiger partial charge in [-0.05, 0) is 30.7 Å². The SMILES string of the molecule is CCN(CC)S(=O)(=O)c1ccc(C)c(C(=O)Nc2cc(C(N)=O)c(F)cc2F)c1. The van der Waals surface area contributed by atoms with E-state index >= 15 is 0 Å². The number of amides is 2. The molecule has 2 aromatic rings. The number of primary amides is 1. The highest BCUT2D eigenvalue weighted by Crippen LogP contribution is 2.23. The Kier molecular flexibility index (Phi) is 6.70. The van der Waals surface area contributed by atoms with Gasteiger partial charge in [0.25, 0.3) is 11.8 Å². The molecule has 0 radical (unpaired) electrons. The van der Waals surface area contributed by atoms with Crippen LogP contribution in [0.1, 0.15) is 40.1 Å². The summed E-state index contributed by atoms with van der Waals surface area (Å²) in [5.41, 5.74) is 4.42. The van der Waals surface area contributed by atoms with Gasteiger partial charge in [-0.1, -0.05) is 19.9 Å². The van der Waals surface area contributed by atoms with Crippen molar-refractivity contribution in [2.75, 3.05) is 18.4 Å². The Morgan fingerprint density at radius 3 is 2.21 bits per heavy atom. The first-order chi connectivity index (χ1) is 13.5. The molecule has 2 amide bonds. The number of carbonyl (C=O) groups excluding carboxylic acids is 2. The van der Waals surface area contributed by atoms with Gasteiger partial charge in [-0.3, -0.25) is 9.59 Å². The molecule has 0 fully saturated rings. The van der Waals surface area contributed by atoms with Crippen molar-refractivity contribution < 1.29 is 26.8 Å². The number of hydrogen-bond donors (Lipinski definition) is 2. The van der Waals surface area contributed by atoms with E-state index in [9.17, 15) is 26.8 Å². The predicted molar refractivity (Wildman–Crippen MR) is 104 cm³/mol. The van der Waals surface area contributed by atoms with Gasteiger partial charge >= 0.3 is 0 Å². The number of sulfonamides is 1. The Labute approximate surface area is 167 Å². The lowest BCUT2D eigenvalue weighted by Crippen LogP contribution is -2.30. The maximum absolute atomic E-state index is 14.0. The molecular formula is C19H21F2N3O4S. The number of nitrogens with one attached hydrogen (secondary N) is 1. The number of halogens is 2. The van der Waals surface area contributed by atoms with Gasteiger partial charge in [0.2, 0.25) is 10.0 Å². The summed E-state index contributed by atoms with van der Waals surface area (Å²) in [7, 11) is -3.81. The van der Waals surface area contributed by atoms with Crippen molar-refractivity contribution in [1.82, 2.24) is 4.31 Å². The van der Waals surface area contributed by atoms with Crippen molar-refractivity contribution in [3.05, 3.63) is 58.7 Å². The highest BCUT2D eigenvalue weighted by Gasteiger charge is 2.24. The second-order valence-corrected chi connectivity index (χ2v) is 8.13. The van der Waals surface area contributed by atoms with Crippen molar-refractivity contribution in [3.8, 4) is 0 Å². The number of nitrogens with two attached hydrogens (primary N) is 1. The molecule has 0 aromatic heterocycles. The monoisotopic (exact) mass is 425 g/mol. The summed E-state index contributed by atoms with van der Waals surface area (Å²) in [6, 6.07) is 5.25. The third-order valence-corrected chi connectivity index (χ3v) is 6.41. The maximum atomic E-state index is 14.0. The average Bonchev–Trinajstić information content (AvgIpc) is 2.64. The van der Waals surface area contributed by atoms with E-state index in [2.05, 4.69) is 5.32 Å². The molecule has 2 rings (SSSR count). The first-order valence-corrected chi connectivity index (χ1v) is 10.2. The summed E-state index contributed by atoms with van der Waals surface area (Å²) >= 11 is 0. The van der Waals surface area contributed by atoms with E-state index in [0.717, 1.165) is 6.07 Å². The lowest BCUT2D eigenvalue weighted by atomic mass is 10.1. The van der Waals surface area contributed by atoms with E-state index in [-0.39, 0.29) is 23.5 Å². The summed E-state index contributed by atoms with van der Waals surface area (Å²) in [6.07, 6.45) is 0. The van der Waals surface area contributed by atoms with Crippen LogP contribution in [0.3, 0.4) is 0 Å². The second-order valence-electron chi connectivity index (χ2n) is 6.20. The highest BCUT2D eigenvalue weighted by molar-refractivity contribution is 7.89. The molecule has 0 saturated carbocycles. The Balaban J connectivity index is 2.45. The van der Waals surface area contributed by atoms with Gasteiger partial charge in [-0.25, -0.2) is 17.2 Å². The van der Waals surface area contributed by atoms with Crippen molar-refractivity contribution in [3.63, 3.8) is 0 Å². The zero-order valence-corrected chi connectivity index (χ0v) is 16.9. The van der Waals surface area contributed by atoms with Gasteiger partial charge in [0.05, 0.1) is 16.1 Å². The third kappa shape index (κ3) is 4.60. The lowest BCUT2D eigenvalue weighted by molar-refractivity contribution is 0.0992. The number of benzene rings is 2. The van der Waals surface area contributed by atoms with Crippen molar-refractivity contribution in [2.24, 2.45) is 5.73 Å². The molecule has 0 atom stereocenters. The lowest BCUT2D eigenvalue weighted by Gasteiger charge is -2.19. The van der Waals surface area contributed by atoms with Crippen LogP contribution in [0, 0.1) is 18.6 Å². The Hall–Kier alpha value is -2.85. The van der Waals surface area contributed by atoms with Crippen molar-refractivity contribution in [1.29, 1.82) is 0 Å². The highest BCUT2D eigenvalue weighted by atomic mass is 32.2. The summed E-state index contributed by atoms with van der Waals surface area (Å²) in [5, 5.41) is 2.23.